The van der Waals surface area contributed by atoms with E-state index in [1.54, 1.807) is 25.3 Å². The monoisotopic (exact) mass is 336 g/mol. The molecule has 7 nitrogen and oxygen atoms in total. The van der Waals surface area contributed by atoms with Gasteiger partial charge >= 0.3 is 0 Å². The zero-order valence-electron chi connectivity index (χ0n) is 12.4. The summed E-state index contributed by atoms with van der Waals surface area (Å²) in [7, 11) is -3.71. The molecule has 2 heterocycles. The lowest BCUT2D eigenvalue weighted by Gasteiger charge is -2.19. The van der Waals surface area contributed by atoms with Gasteiger partial charge in [-0.05, 0) is 37.3 Å². The zero-order chi connectivity index (χ0) is 16.4. The van der Waals surface area contributed by atoms with E-state index in [1.165, 1.54) is 18.2 Å². The number of ether oxygens (including phenoxy) is 1. The molecule has 1 aromatic heterocycles. The first-order valence-electron chi connectivity index (χ1n) is 7.05. The highest BCUT2D eigenvalue weighted by Gasteiger charge is 2.22. The molecule has 3 rings (SSSR count). The second-order valence-electron chi connectivity index (χ2n) is 5.30. The summed E-state index contributed by atoms with van der Waals surface area (Å²) >= 11 is 0. The van der Waals surface area contributed by atoms with E-state index in [9.17, 15) is 13.2 Å². The quantitative estimate of drug-likeness (QED) is 0.863. The molecule has 1 aliphatic rings. The van der Waals surface area contributed by atoms with E-state index in [0.29, 0.717) is 23.6 Å². The molecule has 0 aliphatic carbocycles. The van der Waals surface area contributed by atoms with E-state index in [1.807, 2.05) is 0 Å². The van der Waals surface area contributed by atoms with E-state index >= 15 is 0 Å². The summed E-state index contributed by atoms with van der Waals surface area (Å²) < 4.78 is 37.9. The number of hydrogen-bond donors (Lipinski definition) is 2. The van der Waals surface area contributed by atoms with Crippen LogP contribution in [0.1, 0.15) is 12.7 Å². The number of amides is 1. The van der Waals surface area contributed by atoms with Crippen molar-refractivity contribution in [2.24, 2.45) is 0 Å². The van der Waals surface area contributed by atoms with Crippen molar-refractivity contribution < 1.29 is 22.4 Å². The number of furan rings is 1. The number of fused-ring (bicyclic) bond motifs is 1. The van der Waals surface area contributed by atoms with Crippen molar-refractivity contribution in [2.75, 3.05) is 11.9 Å². The van der Waals surface area contributed by atoms with Gasteiger partial charge in [0.1, 0.15) is 11.5 Å². The normalized spacial score (nSPS) is 15.4. The highest BCUT2D eigenvalue weighted by Crippen LogP contribution is 2.30. The van der Waals surface area contributed by atoms with Gasteiger partial charge in [0.05, 0.1) is 16.8 Å². The first kappa shape index (κ1) is 15.6. The predicted octanol–water partition coefficient (Wildman–Crippen LogP) is 1.52. The van der Waals surface area contributed by atoms with E-state index in [4.69, 9.17) is 9.15 Å². The summed E-state index contributed by atoms with van der Waals surface area (Å²) in [4.78, 5) is 11.4. The van der Waals surface area contributed by atoms with E-state index < -0.39 is 10.0 Å². The minimum absolute atomic E-state index is 0.0633. The van der Waals surface area contributed by atoms with Crippen LogP contribution in [0.3, 0.4) is 0 Å². The minimum Gasteiger partial charge on any atom is -0.482 e. The van der Waals surface area contributed by atoms with Crippen LogP contribution in [0.5, 0.6) is 5.75 Å². The molecule has 8 heteroatoms. The second-order valence-corrected chi connectivity index (χ2v) is 7.01. The Hall–Kier alpha value is -2.32. The molecule has 0 saturated heterocycles. The topological polar surface area (TPSA) is 97.6 Å². The second kappa shape index (κ2) is 6.05. The van der Waals surface area contributed by atoms with Gasteiger partial charge in [0.2, 0.25) is 10.0 Å². The fourth-order valence-corrected chi connectivity index (χ4v) is 3.60. The fourth-order valence-electron chi connectivity index (χ4n) is 2.33. The Morgan fingerprint density at radius 1 is 1.35 bits per heavy atom. The van der Waals surface area contributed by atoms with E-state index in [-0.39, 0.29) is 23.5 Å². The first-order chi connectivity index (χ1) is 10.9. The van der Waals surface area contributed by atoms with Gasteiger partial charge < -0.3 is 14.5 Å². The number of rotatable bonds is 5. The minimum atomic E-state index is -3.71. The maximum Gasteiger partial charge on any atom is 0.262 e. The third-order valence-corrected chi connectivity index (χ3v) is 4.93. The molecule has 2 N–H and O–H groups in total. The predicted molar refractivity (Wildman–Crippen MR) is 82.8 cm³/mol. The number of benzene rings is 1. The number of hydrogen-bond acceptors (Lipinski definition) is 5. The molecule has 1 amide bonds. The highest BCUT2D eigenvalue weighted by molar-refractivity contribution is 7.89. The molecule has 1 atom stereocenters. The van der Waals surface area contributed by atoms with Crippen LogP contribution in [0.15, 0.2) is 45.9 Å². The lowest BCUT2D eigenvalue weighted by molar-refractivity contribution is -0.118. The Kier molecular flexibility index (Phi) is 4.10. The van der Waals surface area contributed by atoms with Gasteiger partial charge in [0, 0.05) is 12.5 Å². The van der Waals surface area contributed by atoms with Crippen molar-refractivity contribution in [3.8, 4) is 5.75 Å². The van der Waals surface area contributed by atoms with Crippen LogP contribution >= 0.6 is 0 Å². The largest absolute Gasteiger partial charge is 0.482 e. The molecular formula is C15H16N2O5S. The standard InChI is InChI=1S/C15H16N2O5S/c1-10(7-11-3-2-6-21-11)17-23(19,20)12-4-5-14-13(8-12)16-15(18)9-22-14/h2-6,8,10,17H,7,9H2,1H3,(H,16,18)/t10-/m0/s1. The molecule has 0 saturated carbocycles. The third kappa shape index (κ3) is 3.54. The Labute approximate surface area is 133 Å². The molecule has 2 aromatic rings. The van der Waals surface area contributed by atoms with Crippen molar-refractivity contribution in [1.82, 2.24) is 4.72 Å². The first-order valence-corrected chi connectivity index (χ1v) is 8.54. The molecule has 0 bridgehead atoms. The van der Waals surface area contributed by atoms with Crippen LogP contribution < -0.4 is 14.8 Å². The molecular weight excluding hydrogens is 320 g/mol. The Balaban J connectivity index is 1.77. The van der Waals surface area contributed by atoms with E-state index in [2.05, 4.69) is 10.0 Å². The lowest BCUT2D eigenvalue weighted by Crippen LogP contribution is -2.34. The van der Waals surface area contributed by atoms with Crippen LogP contribution in [0.2, 0.25) is 0 Å². The smallest absolute Gasteiger partial charge is 0.262 e. The maximum absolute atomic E-state index is 12.4. The van der Waals surface area contributed by atoms with Gasteiger partial charge in [0.25, 0.3) is 5.91 Å². The van der Waals surface area contributed by atoms with Gasteiger partial charge in [0.15, 0.2) is 6.61 Å². The molecule has 122 valence electrons. The number of carbonyl (C=O) groups excluding carboxylic acids is 1. The third-order valence-electron chi connectivity index (χ3n) is 3.34. The zero-order valence-corrected chi connectivity index (χ0v) is 13.2. The Bertz CT molecular complexity index is 814. The molecule has 0 fully saturated rings. The SMILES string of the molecule is C[C@@H](Cc1ccco1)NS(=O)(=O)c1ccc2c(c1)NC(=O)CO2. The number of carbonyl (C=O) groups is 1. The summed E-state index contributed by atoms with van der Waals surface area (Å²) in [5.74, 6) is 0.838. The summed E-state index contributed by atoms with van der Waals surface area (Å²) in [6.07, 6.45) is 1.99. The molecule has 1 aromatic carbocycles. The van der Waals surface area contributed by atoms with E-state index in [0.717, 1.165) is 0 Å². The average molecular weight is 336 g/mol. The number of anilines is 1. The fraction of sp³-hybridized carbons (Fsp3) is 0.267. The van der Waals surface area contributed by atoms with Gasteiger partial charge in [-0.3, -0.25) is 4.79 Å². The molecule has 0 unspecified atom stereocenters. The van der Waals surface area contributed by atoms with Crippen molar-refractivity contribution in [3.63, 3.8) is 0 Å². The summed E-state index contributed by atoms with van der Waals surface area (Å²) in [5.41, 5.74) is 0.350. The number of nitrogens with one attached hydrogen (secondary N) is 2. The van der Waals surface area contributed by atoms with Crippen LogP contribution in [0.4, 0.5) is 5.69 Å². The van der Waals surface area contributed by atoms with Crippen LogP contribution in [-0.4, -0.2) is 27.0 Å². The van der Waals surface area contributed by atoms with Crippen LogP contribution in [-0.2, 0) is 21.2 Å². The van der Waals surface area contributed by atoms with Gasteiger partial charge in [-0.2, -0.15) is 0 Å². The molecule has 0 spiro atoms. The molecule has 1 aliphatic heterocycles. The lowest BCUT2D eigenvalue weighted by atomic mass is 10.2. The van der Waals surface area contributed by atoms with Crippen molar-refractivity contribution in [2.45, 2.75) is 24.3 Å². The van der Waals surface area contributed by atoms with Gasteiger partial charge in [-0.1, -0.05) is 0 Å². The summed E-state index contributed by atoms with van der Waals surface area (Å²) in [6, 6.07) is 7.56. The van der Waals surface area contributed by atoms with Crippen molar-refractivity contribution in [3.05, 3.63) is 42.4 Å². The molecule has 23 heavy (non-hydrogen) atoms. The van der Waals surface area contributed by atoms with Gasteiger partial charge in [-0.25, -0.2) is 13.1 Å². The summed E-state index contributed by atoms with van der Waals surface area (Å²) in [6.45, 7) is 1.68. The Morgan fingerprint density at radius 2 is 2.17 bits per heavy atom. The summed E-state index contributed by atoms with van der Waals surface area (Å²) in [5, 5.41) is 2.59. The Morgan fingerprint density at radius 3 is 2.91 bits per heavy atom. The van der Waals surface area contributed by atoms with Crippen molar-refractivity contribution >= 4 is 21.6 Å². The number of sulfonamides is 1. The van der Waals surface area contributed by atoms with Crippen LogP contribution in [0, 0.1) is 0 Å². The maximum atomic E-state index is 12.4. The van der Waals surface area contributed by atoms with Crippen molar-refractivity contribution in [1.29, 1.82) is 0 Å². The average Bonchev–Trinajstić information content (AvgIpc) is 2.98. The molecule has 0 radical (unpaired) electrons. The van der Waals surface area contributed by atoms with Gasteiger partial charge in [-0.15, -0.1) is 0 Å². The highest BCUT2D eigenvalue weighted by atomic mass is 32.2. The van der Waals surface area contributed by atoms with Crippen LogP contribution in [0.25, 0.3) is 0 Å².